The van der Waals surface area contributed by atoms with Gasteiger partial charge in [-0.2, -0.15) is 10.2 Å². The SMILES string of the molecule is CCn1nc(C(=O)NCc2cn(Cc3ccccc3)nc2-c2ccccc2)c2ccccc2c1=O. The van der Waals surface area contributed by atoms with Crippen molar-refractivity contribution in [3.8, 4) is 11.3 Å². The number of benzene rings is 3. The van der Waals surface area contributed by atoms with Crippen LogP contribution in [0.1, 0.15) is 28.5 Å². The number of aryl methyl sites for hydroxylation is 1. The summed E-state index contributed by atoms with van der Waals surface area (Å²) in [7, 11) is 0. The molecule has 2 heterocycles. The van der Waals surface area contributed by atoms with Gasteiger partial charge in [-0.15, -0.1) is 0 Å². The Bertz CT molecular complexity index is 1540. The van der Waals surface area contributed by atoms with E-state index >= 15 is 0 Å². The molecular weight excluding hydrogens is 438 g/mol. The van der Waals surface area contributed by atoms with E-state index < -0.39 is 0 Å². The van der Waals surface area contributed by atoms with Gasteiger partial charge in [-0.3, -0.25) is 14.3 Å². The van der Waals surface area contributed by atoms with E-state index in [4.69, 9.17) is 5.10 Å². The summed E-state index contributed by atoms with van der Waals surface area (Å²) in [4.78, 5) is 25.9. The van der Waals surface area contributed by atoms with Gasteiger partial charge in [0.15, 0.2) is 5.69 Å². The maximum atomic E-state index is 13.2. The maximum absolute atomic E-state index is 13.2. The summed E-state index contributed by atoms with van der Waals surface area (Å²) in [5, 5.41) is 13.2. The molecule has 174 valence electrons. The van der Waals surface area contributed by atoms with Crippen LogP contribution in [0.25, 0.3) is 22.0 Å². The molecule has 0 aliphatic heterocycles. The second-order valence-corrected chi connectivity index (χ2v) is 8.25. The van der Waals surface area contributed by atoms with Crippen LogP contribution in [0.15, 0.2) is 95.9 Å². The van der Waals surface area contributed by atoms with E-state index in [0.29, 0.717) is 23.9 Å². The average molecular weight is 464 g/mol. The number of amides is 1. The van der Waals surface area contributed by atoms with Crippen molar-refractivity contribution in [3.05, 3.63) is 118 Å². The first kappa shape index (κ1) is 22.3. The Labute approximate surface area is 202 Å². The van der Waals surface area contributed by atoms with E-state index in [-0.39, 0.29) is 23.7 Å². The highest BCUT2D eigenvalue weighted by Gasteiger charge is 2.18. The lowest BCUT2D eigenvalue weighted by Crippen LogP contribution is -2.30. The van der Waals surface area contributed by atoms with E-state index in [0.717, 1.165) is 22.4 Å². The highest BCUT2D eigenvalue weighted by molar-refractivity contribution is 6.04. The summed E-state index contributed by atoms with van der Waals surface area (Å²) < 4.78 is 3.22. The van der Waals surface area contributed by atoms with Gasteiger partial charge >= 0.3 is 0 Å². The molecule has 0 atom stereocenters. The first-order valence-electron chi connectivity index (χ1n) is 11.6. The molecule has 7 nitrogen and oxygen atoms in total. The van der Waals surface area contributed by atoms with E-state index in [1.54, 1.807) is 24.3 Å². The molecule has 0 aliphatic carbocycles. The van der Waals surface area contributed by atoms with Crippen LogP contribution in [0.2, 0.25) is 0 Å². The average Bonchev–Trinajstić information content (AvgIpc) is 3.31. The molecule has 0 bridgehead atoms. The first-order valence-corrected chi connectivity index (χ1v) is 11.6. The molecule has 0 spiro atoms. The minimum atomic E-state index is -0.335. The molecule has 0 aliphatic rings. The summed E-state index contributed by atoms with van der Waals surface area (Å²) in [6.45, 7) is 3.12. The summed E-state index contributed by atoms with van der Waals surface area (Å²) in [6.07, 6.45) is 1.97. The largest absolute Gasteiger partial charge is 0.346 e. The van der Waals surface area contributed by atoms with Crippen LogP contribution in [0.4, 0.5) is 0 Å². The molecule has 5 rings (SSSR count). The van der Waals surface area contributed by atoms with Crippen LogP contribution in [0, 0.1) is 0 Å². The molecule has 7 heteroatoms. The smallest absolute Gasteiger partial charge is 0.274 e. The highest BCUT2D eigenvalue weighted by atomic mass is 16.2. The van der Waals surface area contributed by atoms with Gasteiger partial charge in [-0.1, -0.05) is 78.9 Å². The zero-order chi connectivity index (χ0) is 24.2. The van der Waals surface area contributed by atoms with Crippen LogP contribution in [-0.2, 0) is 19.6 Å². The molecule has 2 aromatic heterocycles. The molecule has 0 radical (unpaired) electrons. The van der Waals surface area contributed by atoms with Crippen molar-refractivity contribution in [3.63, 3.8) is 0 Å². The number of carbonyl (C=O) groups excluding carboxylic acids is 1. The fourth-order valence-corrected chi connectivity index (χ4v) is 4.16. The van der Waals surface area contributed by atoms with Crippen LogP contribution in [0.3, 0.4) is 0 Å². The predicted molar refractivity (Wildman–Crippen MR) is 136 cm³/mol. The quantitative estimate of drug-likeness (QED) is 0.391. The fourth-order valence-electron chi connectivity index (χ4n) is 4.16. The summed E-state index contributed by atoms with van der Waals surface area (Å²) in [5.74, 6) is -0.335. The Morgan fingerprint density at radius 1 is 0.857 bits per heavy atom. The van der Waals surface area contributed by atoms with Gasteiger partial charge in [0.05, 0.1) is 17.6 Å². The Morgan fingerprint density at radius 2 is 1.51 bits per heavy atom. The zero-order valence-electron chi connectivity index (χ0n) is 19.4. The zero-order valence-corrected chi connectivity index (χ0v) is 19.4. The van der Waals surface area contributed by atoms with Gasteiger partial charge < -0.3 is 5.32 Å². The summed E-state index contributed by atoms with van der Waals surface area (Å²) in [5.41, 5.74) is 3.87. The number of nitrogens with zero attached hydrogens (tertiary/aromatic N) is 4. The molecule has 1 amide bonds. The van der Waals surface area contributed by atoms with Gasteiger partial charge in [0, 0.05) is 35.8 Å². The number of carbonyl (C=O) groups is 1. The Hall–Kier alpha value is -4.52. The third kappa shape index (κ3) is 4.61. The maximum Gasteiger partial charge on any atom is 0.274 e. The molecule has 0 fully saturated rings. The molecular formula is C28H25N5O2. The number of aromatic nitrogens is 4. The first-order chi connectivity index (χ1) is 17.1. The summed E-state index contributed by atoms with van der Waals surface area (Å²) >= 11 is 0. The molecule has 5 aromatic rings. The standard InChI is InChI=1S/C28H25N5O2/c1-2-33-28(35)24-16-10-9-15-23(24)26(31-33)27(34)29-17-22-19-32(18-20-11-5-3-6-12-20)30-25(22)21-13-7-4-8-14-21/h3-16,19H,2,17-18H2,1H3,(H,29,34). The number of rotatable bonds is 7. The van der Waals surface area contributed by atoms with Crippen LogP contribution < -0.4 is 10.9 Å². The van der Waals surface area contributed by atoms with Crippen LogP contribution >= 0.6 is 0 Å². The van der Waals surface area contributed by atoms with Gasteiger partial charge in [0.2, 0.25) is 0 Å². The molecule has 3 aromatic carbocycles. The lowest BCUT2D eigenvalue weighted by Gasteiger charge is -2.10. The van der Waals surface area contributed by atoms with Gasteiger partial charge in [-0.25, -0.2) is 4.68 Å². The Morgan fingerprint density at radius 3 is 2.23 bits per heavy atom. The molecule has 1 N–H and O–H groups in total. The second kappa shape index (κ2) is 9.77. The van der Waals surface area contributed by atoms with Gasteiger partial charge in [0.25, 0.3) is 11.5 Å². The van der Waals surface area contributed by atoms with Crippen molar-refractivity contribution in [1.29, 1.82) is 0 Å². The van der Waals surface area contributed by atoms with Crippen molar-refractivity contribution < 1.29 is 4.79 Å². The molecule has 35 heavy (non-hydrogen) atoms. The minimum absolute atomic E-state index is 0.201. The molecule has 0 saturated heterocycles. The van der Waals surface area contributed by atoms with Crippen molar-refractivity contribution in [2.75, 3.05) is 0 Å². The van der Waals surface area contributed by atoms with E-state index in [9.17, 15) is 9.59 Å². The monoisotopic (exact) mass is 463 g/mol. The topological polar surface area (TPSA) is 81.8 Å². The van der Waals surface area contributed by atoms with Crippen molar-refractivity contribution >= 4 is 16.7 Å². The molecule has 0 saturated carbocycles. The van der Waals surface area contributed by atoms with Crippen LogP contribution in [-0.4, -0.2) is 25.5 Å². The van der Waals surface area contributed by atoms with Crippen molar-refractivity contribution in [2.24, 2.45) is 0 Å². The predicted octanol–water partition coefficient (Wildman–Crippen LogP) is 4.26. The van der Waals surface area contributed by atoms with E-state index in [1.165, 1.54) is 4.68 Å². The molecule has 0 unspecified atom stereocenters. The Kier molecular flexibility index (Phi) is 6.22. The van der Waals surface area contributed by atoms with Crippen molar-refractivity contribution in [1.82, 2.24) is 24.9 Å². The third-order valence-electron chi connectivity index (χ3n) is 5.89. The number of fused-ring (bicyclic) bond motifs is 1. The van der Waals surface area contributed by atoms with E-state index in [2.05, 4.69) is 22.5 Å². The van der Waals surface area contributed by atoms with Gasteiger partial charge in [-0.05, 0) is 18.6 Å². The van der Waals surface area contributed by atoms with Gasteiger partial charge in [0.1, 0.15) is 0 Å². The highest BCUT2D eigenvalue weighted by Crippen LogP contribution is 2.23. The normalized spacial score (nSPS) is 11.0. The number of nitrogens with one attached hydrogen (secondary N) is 1. The minimum Gasteiger partial charge on any atom is -0.346 e. The van der Waals surface area contributed by atoms with E-state index in [1.807, 2.05) is 66.3 Å². The number of hydrogen-bond donors (Lipinski definition) is 1. The van der Waals surface area contributed by atoms with Crippen molar-refractivity contribution in [2.45, 2.75) is 26.6 Å². The summed E-state index contributed by atoms with van der Waals surface area (Å²) in [6, 6.07) is 27.1. The lowest BCUT2D eigenvalue weighted by molar-refractivity contribution is 0.0945. The fraction of sp³-hybridized carbons (Fsp3) is 0.143. The third-order valence-corrected chi connectivity index (χ3v) is 5.89. The second-order valence-electron chi connectivity index (χ2n) is 8.25. The van der Waals surface area contributed by atoms with Crippen LogP contribution in [0.5, 0.6) is 0 Å². The Balaban J connectivity index is 1.46. The lowest BCUT2D eigenvalue weighted by atomic mass is 10.1. The number of hydrogen-bond acceptors (Lipinski definition) is 4.